The predicted molar refractivity (Wildman–Crippen MR) is 108 cm³/mol. The second kappa shape index (κ2) is 7.56. The van der Waals surface area contributed by atoms with E-state index in [-0.39, 0.29) is 23.7 Å². The van der Waals surface area contributed by atoms with Gasteiger partial charge in [-0.2, -0.15) is 8.78 Å². The largest absolute Gasteiger partial charge is 0.491 e. The lowest BCUT2D eigenvalue weighted by Crippen LogP contribution is -2.32. The third-order valence-corrected chi connectivity index (χ3v) is 5.80. The zero-order chi connectivity index (χ0) is 22.6. The number of rotatable bonds is 4. The van der Waals surface area contributed by atoms with Crippen LogP contribution >= 0.6 is 0 Å². The van der Waals surface area contributed by atoms with Crippen molar-refractivity contribution in [3.63, 3.8) is 0 Å². The first kappa shape index (κ1) is 20.4. The monoisotopic (exact) mass is 445 g/mol. The molecule has 0 spiro atoms. The number of alkyl halides is 2. The molecule has 0 aliphatic carbocycles. The Labute approximate surface area is 180 Å². The van der Waals surface area contributed by atoms with Crippen LogP contribution in [0.15, 0.2) is 30.3 Å². The Morgan fingerprint density at radius 3 is 2.81 bits per heavy atom. The zero-order valence-electron chi connectivity index (χ0n) is 16.9. The van der Waals surface area contributed by atoms with Crippen LogP contribution in [-0.4, -0.2) is 36.1 Å². The number of fused-ring (bicyclic) bond motifs is 4. The van der Waals surface area contributed by atoms with Crippen molar-refractivity contribution >= 4 is 22.6 Å². The van der Waals surface area contributed by atoms with Gasteiger partial charge in [-0.15, -0.1) is 0 Å². The van der Waals surface area contributed by atoms with E-state index in [0.29, 0.717) is 35.4 Å². The van der Waals surface area contributed by atoms with Crippen LogP contribution in [0, 0.1) is 5.82 Å². The molecule has 1 atom stereocenters. The molecule has 0 radical (unpaired) electrons. The summed E-state index contributed by atoms with van der Waals surface area (Å²) in [6.45, 7) is -2.23. The summed E-state index contributed by atoms with van der Waals surface area (Å²) in [6.07, 6.45) is 0. The van der Waals surface area contributed by atoms with Gasteiger partial charge in [-0.25, -0.2) is 9.37 Å². The summed E-state index contributed by atoms with van der Waals surface area (Å²) >= 11 is 0. The van der Waals surface area contributed by atoms with E-state index in [9.17, 15) is 18.0 Å². The van der Waals surface area contributed by atoms with Gasteiger partial charge in [0.15, 0.2) is 0 Å². The molecule has 5 rings (SSSR count). The van der Waals surface area contributed by atoms with Crippen molar-refractivity contribution in [2.24, 2.45) is 0 Å². The Bertz CT molecular complexity index is 1250. The van der Waals surface area contributed by atoms with Crippen molar-refractivity contribution in [2.75, 3.05) is 19.4 Å². The number of likely N-dealkylation sites (N-methyl/N-ethyl adjacent to an activating group) is 1. The van der Waals surface area contributed by atoms with Crippen LogP contribution in [0.2, 0.25) is 0 Å². The number of amides is 1. The molecule has 32 heavy (non-hydrogen) atoms. The number of nitrogens with two attached hydrogens (primary N) is 1. The van der Waals surface area contributed by atoms with Crippen LogP contribution in [0.5, 0.6) is 11.5 Å². The maximum absolute atomic E-state index is 14.9. The van der Waals surface area contributed by atoms with Gasteiger partial charge < -0.3 is 24.8 Å². The van der Waals surface area contributed by atoms with Crippen LogP contribution < -0.4 is 15.2 Å². The second-order valence-electron chi connectivity index (χ2n) is 7.62. The van der Waals surface area contributed by atoms with Gasteiger partial charge >= 0.3 is 6.61 Å². The molecule has 0 saturated carbocycles. The second-order valence-corrected chi connectivity index (χ2v) is 7.62. The van der Waals surface area contributed by atoms with E-state index >= 15 is 0 Å². The zero-order valence-corrected chi connectivity index (χ0v) is 16.9. The summed E-state index contributed by atoms with van der Waals surface area (Å²) in [5.74, 6) is -0.697. The molecule has 10 heteroatoms. The molecule has 0 saturated heterocycles. The summed E-state index contributed by atoms with van der Waals surface area (Å²) in [5.41, 5.74) is 8.34. The van der Waals surface area contributed by atoms with E-state index in [4.69, 9.17) is 15.2 Å². The van der Waals surface area contributed by atoms with Crippen molar-refractivity contribution in [1.82, 2.24) is 9.88 Å². The highest BCUT2D eigenvalue weighted by Crippen LogP contribution is 2.39. The fourth-order valence-electron chi connectivity index (χ4n) is 4.16. The van der Waals surface area contributed by atoms with Crippen molar-refractivity contribution in [2.45, 2.75) is 25.9 Å². The molecule has 3 aromatic rings. The molecule has 1 aromatic heterocycles. The molecule has 2 aliphatic heterocycles. The minimum atomic E-state index is -2.96. The molecule has 7 nitrogen and oxygen atoms in total. The minimum Gasteiger partial charge on any atom is -0.491 e. The number of benzene rings is 2. The summed E-state index contributed by atoms with van der Waals surface area (Å²) in [6, 6.07) is 6.42. The van der Waals surface area contributed by atoms with E-state index in [1.807, 2.05) is 0 Å². The Morgan fingerprint density at radius 2 is 2.03 bits per heavy atom. The molecule has 0 unspecified atom stereocenters. The summed E-state index contributed by atoms with van der Waals surface area (Å²) < 4.78 is 55.2. The first-order valence-corrected chi connectivity index (χ1v) is 9.80. The van der Waals surface area contributed by atoms with E-state index in [1.165, 1.54) is 36.2 Å². The van der Waals surface area contributed by atoms with Gasteiger partial charge in [-0.1, -0.05) is 0 Å². The third-order valence-electron chi connectivity index (χ3n) is 5.80. The highest BCUT2D eigenvalue weighted by molar-refractivity contribution is 5.99. The summed E-state index contributed by atoms with van der Waals surface area (Å²) in [7, 11) is 1.54. The smallest absolute Gasteiger partial charge is 0.387 e. The number of hydrogen-bond donors (Lipinski definition) is 1. The van der Waals surface area contributed by atoms with Crippen LogP contribution in [0.25, 0.3) is 10.9 Å². The average molecular weight is 445 g/mol. The number of ether oxygens (including phenoxy) is 3. The third kappa shape index (κ3) is 3.27. The first-order valence-electron chi connectivity index (χ1n) is 9.80. The molecule has 2 aliphatic rings. The molecule has 0 bridgehead atoms. The predicted octanol–water partition coefficient (Wildman–Crippen LogP) is 3.79. The topological polar surface area (TPSA) is 86.9 Å². The van der Waals surface area contributed by atoms with Crippen molar-refractivity contribution in [3.8, 4) is 11.5 Å². The molecule has 1 amide bonds. The minimum absolute atomic E-state index is 0.0446. The maximum Gasteiger partial charge on any atom is 0.387 e. The van der Waals surface area contributed by atoms with E-state index < -0.39 is 24.4 Å². The molecular formula is C22H18F3N3O4. The lowest BCUT2D eigenvalue weighted by molar-refractivity contribution is -0.0499. The summed E-state index contributed by atoms with van der Waals surface area (Å²) in [4.78, 5) is 18.8. The van der Waals surface area contributed by atoms with Gasteiger partial charge in [0, 0.05) is 35.7 Å². The average Bonchev–Trinajstić information content (AvgIpc) is 3.39. The number of anilines is 1. The van der Waals surface area contributed by atoms with E-state index in [2.05, 4.69) is 9.72 Å². The SMILES string of the molecule is CN(C(=O)c1cc2c3c(c(N)nc2cc1F)COC3)[C@H]1COc2cc(OC(F)F)ccc21. The number of carbonyl (C=O) groups excluding carboxylic acids is 1. The number of hydrogen-bond acceptors (Lipinski definition) is 6. The summed E-state index contributed by atoms with van der Waals surface area (Å²) in [5, 5.41) is 0.613. The standard InChI is InChI=1S/C22H18F3N3O4/c1-28(18-9-31-19-4-10(32-22(24)25)2-3-11(18)19)21(29)13-5-12-14-7-30-8-15(14)20(26)27-17(12)6-16(13)23/h2-6,18,22H,7-9H2,1H3,(H2,26,27)/t18-/m0/s1. The Kier molecular flexibility index (Phi) is 4.81. The normalized spacial score (nSPS) is 16.7. The maximum atomic E-state index is 14.9. The van der Waals surface area contributed by atoms with Gasteiger partial charge in [0.05, 0.1) is 30.3 Å². The lowest BCUT2D eigenvalue weighted by atomic mass is 10.0. The van der Waals surface area contributed by atoms with Gasteiger partial charge in [0.1, 0.15) is 29.7 Å². The van der Waals surface area contributed by atoms with Crippen LogP contribution in [-0.2, 0) is 18.0 Å². The number of nitrogens with zero attached hydrogens (tertiary/aromatic N) is 2. The first-order chi connectivity index (χ1) is 15.3. The molecule has 2 N–H and O–H groups in total. The fraction of sp³-hybridized carbons (Fsp3) is 0.273. The Hall–Kier alpha value is -3.53. The van der Waals surface area contributed by atoms with Gasteiger partial charge in [0.2, 0.25) is 0 Å². The van der Waals surface area contributed by atoms with Crippen molar-refractivity contribution in [1.29, 1.82) is 0 Å². The Morgan fingerprint density at radius 1 is 1.25 bits per heavy atom. The molecular weight excluding hydrogens is 427 g/mol. The number of nitrogen functional groups attached to an aromatic ring is 1. The Balaban J connectivity index is 1.48. The molecule has 166 valence electrons. The lowest BCUT2D eigenvalue weighted by Gasteiger charge is -2.24. The van der Waals surface area contributed by atoms with E-state index in [1.54, 1.807) is 6.07 Å². The fourth-order valence-corrected chi connectivity index (χ4v) is 4.16. The number of carbonyl (C=O) groups is 1. The van der Waals surface area contributed by atoms with Gasteiger partial charge in [0.25, 0.3) is 5.91 Å². The van der Waals surface area contributed by atoms with Crippen LogP contribution in [0.3, 0.4) is 0 Å². The number of aromatic nitrogens is 1. The van der Waals surface area contributed by atoms with Crippen molar-refractivity contribution < 1.29 is 32.2 Å². The van der Waals surface area contributed by atoms with Crippen molar-refractivity contribution in [3.05, 3.63) is 58.4 Å². The highest BCUT2D eigenvalue weighted by Gasteiger charge is 2.33. The van der Waals surface area contributed by atoms with E-state index in [0.717, 1.165) is 11.1 Å². The molecule has 2 aromatic carbocycles. The van der Waals surface area contributed by atoms with Gasteiger partial charge in [-0.05, 0) is 23.8 Å². The molecule has 0 fully saturated rings. The van der Waals surface area contributed by atoms with Crippen LogP contribution in [0.4, 0.5) is 19.0 Å². The molecule has 3 heterocycles. The number of pyridine rings is 1. The number of halogens is 3. The highest BCUT2D eigenvalue weighted by atomic mass is 19.3. The van der Waals surface area contributed by atoms with Gasteiger partial charge in [-0.3, -0.25) is 4.79 Å². The van der Waals surface area contributed by atoms with Crippen LogP contribution in [0.1, 0.15) is 33.1 Å². The quantitative estimate of drug-likeness (QED) is 0.658.